The molecule has 0 aliphatic carbocycles. The van der Waals surface area contributed by atoms with E-state index in [0.29, 0.717) is 5.92 Å². The molecule has 0 aromatic rings. The molecule has 0 bridgehead atoms. The first-order valence-electron chi connectivity index (χ1n) is 2.86. The van der Waals surface area contributed by atoms with E-state index in [-0.39, 0.29) is 0 Å². The molecule has 0 amide bonds. The van der Waals surface area contributed by atoms with Gasteiger partial charge >= 0.3 is 0 Å². The van der Waals surface area contributed by atoms with Crippen molar-refractivity contribution < 1.29 is 4.74 Å². The summed E-state index contributed by atoms with van der Waals surface area (Å²) in [7, 11) is 1.74. The number of rotatable bonds is 4. The maximum absolute atomic E-state index is 4.94. The molecule has 8 heavy (non-hydrogen) atoms. The van der Waals surface area contributed by atoms with Gasteiger partial charge in [-0.1, -0.05) is 22.9 Å². The van der Waals surface area contributed by atoms with E-state index in [4.69, 9.17) is 4.74 Å². The molecule has 0 heterocycles. The molecule has 0 N–H and O–H groups in total. The van der Waals surface area contributed by atoms with Crippen LogP contribution in [0.4, 0.5) is 0 Å². The lowest BCUT2D eigenvalue weighted by Crippen LogP contribution is -2.03. The van der Waals surface area contributed by atoms with Crippen molar-refractivity contribution in [2.45, 2.75) is 13.3 Å². The second-order valence-corrected chi connectivity index (χ2v) is 2.83. The van der Waals surface area contributed by atoms with E-state index in [2.05, 4.69) is 22.9 Å². The Morgan fingerprint density at radius 2 is 2.25 bits per heavy atom. The highest BCUT2D eigenvalue weighted by molar-refractivity contribution is 9.09. The first-order chi connectivity index (χ1) is 3.81. The van der Waals surface area contributed by atoms with Crippen molar-refractivity contribution in [3.63, 3.8) is 0 Å². The van der Waals surface area contributed by atoms with Crippen molar-refractivity contribution in [2.24, 2.45) is 5.92 Å². The van der Waals surface area contributed by atoms with Crippen LogP contribution in [-0.2, 0) is 4.74 Å². The summed E-state index contributed by atoms with van der Waals surface area (Å²) in [6.45, 7) is 3.07. The largest absolute Gasteiger partial charge is 0.384 e. The molecule has 1 unspecified atom stereocenters. The first kappa shape index (κ1) is 8.44. The fraction of sp³-hybridized carbons (Fsp3) is 1.00. The predicted molar refractivity (Wildman–Crippen MR) is 39.5 cm³/mol. The van der Waals surface area contributed by atoms with Crippen LogP contribution >= 0.6 is 15.9 Å². The highest BCUT2D eigenvalue weighted by Gasteiger charge is 1.97. The smallest absolute Gasteiger partial charge is 0.0488 e. The van der Waals surface area contributed by atoms with Crippen LogP contribution in [0.5, 0.6) is 0 Å². The highest BCUT2D eigenvalue weighted by atomic mass is 79.9. The van der Waals surface area contributed by atoms with Gasteiger partial charge in [-0.2, -0.15) is 0 Å². The molecule has 0 aromatic carbocycles. The second kappa shape index (κ2) is 5.57. The molecular weight excluding hydrogens is 168 g/mol. The minimum absolute atomic E-state index is 0.694. The van der Waals surface area contributed by atoms with E-state index in [1.165, 1.54) is 6.42 Å². The fourth-order valence-corrected chi connectivity index (χ4v) is 1.34. The molecule has 1 nitrogen and oxygen atoms in total. The van der Waals surface area contributed by atoms with Gasteiger partial charge in [0.05, 0.1) is 0 Å². The molecule has 0 fully saturated rings. The number of hydrogen-bond acceptors (Lipinski definition) is 1. The second-order valence-electron chi connectivity index (χ2n) is 2.04. The van der Waals surface area contributed by atoms with Gasteiger partial charge in [0.15, 0.2) is 0 Å². The van der Waals surface area contributed by atoms with Crippen molar-refractivity contribution in [3.8, 4) is 0 Å². The molecule has 0 radical (unpaired) electrons. The number of ether oxygens (including phenoxy) is 1. The van der Waals surface area contributed by atoms with E-state index in [0.717, 1.165) is 11.9 Å². The Bertz CT molecular complexity index is 41.8. The van der Waals surface area contributed by atoms with Gasteiger partial charge in [-0.25, -0.2) is 0 Å². The molecule has 1 atom stereocenters. The van der Waals surface area contributed by atoms with Crippen LogP contribution < -0.4 is 0 Å². The lowest BCUT2D eigenvalue weighted by molar-refractivity contribution is 0.158. The average Bonchev–Trinajstić information content (AvgIpc) is 1.68. The number of halogens is 1. The van der Waals surface area contributed by atoms with Crippen molar-refractivity contribution >= 4 is 15.9 Å². The predicted octanol–water partition coefficient (Wildman–Crippen LogP) is 2.05. The zero-order chi connectivity index (χ0) is 6.41. The molecule has 0 saturated heterocycles. The van der Waals surface area contributed by atoms with Gasteiger partial charge in [0.1, 0.15) is 0 Å². The van der Waals surface area contributed by atoms with Gasteiger partial charge in [0, 0.05) is 19.0 Å². The van der Waals surface area contributed by atoms with Crippen LogP contribution in [0.3, 0.4) is 0 Å². The topological polar surface area (TPSA) is 9.23 Å². The van der Waals surface area contributed by atoms with Gasteiger partial charge in [0.2, 0.25) is 0 Å². The summed E-state index contributed by atoms with van der Waals surface area (Å²) in [5.41, 5.74) is 0. The Morgan fingerprint density at radius 1 is 1.62 bits per heavy atom. The minimum Gasteiger partial charge on any atom is -0.384 e. The van der Waals surface area contributed by atoms with Crippen LogP contribution in [0.1, 0.15) is 13.3 Å². The van der Waals surface area contributed by atoms with Crippen LogP contribution in [-0.4, -0.2) is 19.0 Å². The van der Waals surface area contributed by atoms with Gasteiger partial charge in [-0.3, -0.25) is 0 Å². The number of hydrogen-bond donors (Lipinski definition) is 0. The standard InChI is InChI=1S/C6H13BrO/c1-6(3-4-7)5-8-2/h6H,3-5H2,1-2H3. The lowest BCUT2D eigenvalue weighted by atomic mass is 10.1. The molecule has 0 spiro atoms. The van der Waals surface area contributed by atoms with Crippen LogP contribution in [0, 0.1) is 5.92 Å². The normalized spacial score (nSPS) is 13.9. The van der Waals surface area contributed by atoms with E-state index in [9.17, 15) is 0 Å². The van der Waals surface area contributed by atoms with Gasteiger partial charge in [0.25, 0.3) is 0 Å². The third-order valence-electron chi connectivity index (χ3n) is 1.05. The molecule has 0 saturated carbocycles. The maximum Gasteiger partial charge on any atom is 0.0488 e. The van der Waals surface area contributed by atoms with E-state index in [1.54, 1.807) is 7.11 Å². The van der Waals surface area contributed by atoms with Crippen molar-refractivity contribution in [2.75, 3.05) is 19.0 Å². The Balaban J connectivity index is 2.92. The van der Waals surface area contributed by atoms with E-state index < -0.39 is 0 Å². The summed E-state index contributed by atoms with van der Waals surface area (Å²) in [6, 6.07) is 0. The quantitative estimate of drug-likeness (QED) is 0.603. The van der Waals surface area contributed by atoms with E-state index in [1.807, 2.05) is 0 Å². The van der Waals surface area contributed by atoms with Crippen molar-refractivity contribution in [3.05, 3.63) is 0 Å². The van der Waals surface area contributed by atoms with Crippen molar-refractivity contribution in [1.29, 1.82) is 0 Å². The summed E-state index contributed by atoms with van der Waals surface area (Å²) in [5.74, 6) is 0.694. The van der Waals surface area contributed by atoms with Crippen LogP contribution in [0.15, 0.2) is 0 Å². The number of methoxy groups -OCH3 is 1. The molecule has 0 aliphatic heterocycles. The third kappa shape index (κ3) is 4.60. The van der Waals surface area contributed by atoms with E-state index >= 15 is 0 Å². The molecule has 50 valence electrons. The summed E-state index contributed by atoms with van der Waals surface area (Å²) < 4.78 is 4.94. The molecule has 0 rings (SSSR count). The Hall–Kier alpha value is 0.440. The summed E-state index contributed by atoms with van der Waals surface area (Å²) >= 11 is 3.36. The summed E-state index contributed by atoms with van der Waals surface area (Å²) in [4.78, 5) is 0. The monoisotopic (exact) mass is 180 g/mol. The zero-order valence-electron chi connectivity index (χ0n) is 5.48. The summed E-state index contributed by atoms with van der Waals surface area (Å²) in [6.07, 6.45) is 1.20. The SMILES string of the molecule is COCC(C)CCBr. The van der Waals surface area contributed by atoms with Crippen LogP contribution in [0.2, 0.25) is 0 Å². The minimum atomic E-state index is 0.694. The van der Waals surface area contributed by atoms with Crippen molar-refractivity contribution in [1.82, 2.24) is 0 Å². The van der Waals surface area contributed by atoms with Gasteiger partial charge in [-0.15, -0.1) is 0 Å². The first-order valence-corrected chi connectivity index (χ1v) is 3.98. The summed E-state index contributed by atoms with van der Waals surface area (Å²) in [5, 5.41) is 1.08. The molecule has 2 heteroatoms. The highest BCUT2D eigenvalue weighted by Crippen LogP contribution is 2.03. The Labute approximate surface area is 59.5 Å². The Morgan fingerprint density at radius 3 is 2.62 bits per heavy atom. The number of alkyl halides is 1. The lowest BCUT2D eigenvalue weighted by Gasteiger charge is -2.05. The van der Waals surface area contributed by atoms with Gasteiger partial charge < -0.3 is 4.74 Å². The zero-order valence-corrected chi connectivity index (χ0v) is 7.07. The molecular formula is C6H13BrO. The fourth-order valence-electron chi connectivity index (χ4n) is 0.554. The van der Waals surface area contributed by atoms with Crippen LogP contribution in [0.25, 0.3) is 0 Å². The average molecular weight is 181 g/mol. The Kier molecular flexibility index (Phi) is 5.88. The van der Waals surface area contributed by atoms with Gasteiger partial charge in [-0.05, 0) is 12.3 Å². The third-order valence-corrected chi connectivity index (χ3v) is 1.51. The molecule has 0 aromatic heterocycles. The molecule has 0 aliphatic rings. The maximum atomic E-state index is 4.94.